The summed E-state index contributed by atoms with van der Waals surface area (Å²) in [5, 5.41) is 10.8. The minimum Gasteiger partial charge on any atom is -0.361 e. The number of aromatic amines is 2. The van der Waals surface area contributed by atoms with E-state index in [1.807, 2.05) is 24.4 Å². The number of para-hydroxylation sites is 1. The van der Waals surface area contributed by atoms with Crippen LogP contribution in [0.25, 0.3) is 10.9 Å². The molecule has 2 unspecified atom stereocenters. The summed E-state index contributed by atoms with van der Waals surface area (Å²) in [7, 11) is 1.46. The van der Waals surface area contributed by atoms with E-state index in [1.165, 1.54) is 16.8 Å². The van der Waals surface area contributed by atoms with Crippen LogP contribution in [0.2, 0.25) is 0 Å². The molecule has 3 heterocycles. The number of anilines is 1. The molecule has 1 amide bonds. The molecule has 0 bridgehead atoms. The highest BCUT2D eigenvalue weighted by molar-refractivity contribution is 5.91. The molecule has 0 saturated carbocycles. The second-order valence-corrected chi connectivity index (χ2v) is 9.67. The molecule has 190 valence electrons. The molecule has 1 saturated heterocycles. The molecule has 3 aromatic rings. The lowest BCUT2D eigenvalue weighted by Crippen LogP contribution is -2.57. The van der Waals surface area contributed by atoms with Crippen LogP contribution in [-0.4, -0.2) is 75.9 Å². The molecule has 0 radical (unpaired) electrons. The first-order valence-corrected chi connectivity index (χ1v) is 11.9. The lowest BCUT2D eigenvalue weighted by Gasteiger charge is -2.39. The van der Waals surface area contributed by atoms with Crippen molar-refractivity contribution < 1.29 is 18.0 Å². The van der Waals surface area contributed by atoms with E-state index in [2.05, 4.69) is 45.4 Å². The van der Waals surface area contributed by atoms with E-state index in [9.17, 15) is 18.0 Å². The molecule has 0 spiro atoms. The van der Waals surface area contributed by atoms with Gasteiger partial charge in [0.05, 0.1) is 0 Å². The highest BCUT2D eigenvalue weighted by Gasteiger charge is 2.45. The highest BCUT2D eigenvalue weighted by atomic mass is 19.4. The largest absolute Gasteiger partial charge is 0.405 e. The van der Waals surface area contributed by atoms with Crippen LogP contribution in [-0.2, 0) is 6.42 Å². The summed E-state index contributed by atoms with van der Waals surface area (Å²) in [6.45, 7) is 4.56. The number of hydrogen-bond donors (Lipinski definition) is 3. The zero-order valence-corrected chi connectivity index (χ0v) is 20.2. The standard InChI is InChI=1S/C24H32F3N7O/c1-15(2)8-9-17(12-16-13-28-19-7-5-4-6-18(16)19)29-22(35)21-30-23(32-31-21)34-11-10-33(3)20(14-34)24(25,26)27/h4-7,13,15,17,20,28H,8-12,14H2,1-3H3,(H,29,35)(H,30,31,32). The van der Waals surface area contributed by atoms with Gasteiger partial charge in [-0.1, -0.05) is 32.0 Å². The van der Waals surface area contributed by atoms with Crippen LogP contribution in [0.4, 0.5) is 19.1 Å². The topological polar surface area (TPSA) is 92.9 Å². The quantitative estimate of drug-likeness (QED) is 0.446. The maximum Gasteiger partial charge on any atom is 0.405 e. The van der Waals surface area contributed by atoms with Gasteiger partial charge in [-0.3, -0.25) is 14.8 Å². The second kappa shape index (κ2) is 10.3. The number of hydrogen-bond acceptors (Lipinski definition) is 5. The number of fused-ring (bicyclic) bond motifs is 1. The monoisotopic (exact) mass is 491 g/mol. The zero-order chi connectivity index (χ0) is 25.2. The molecule has 2 aromatic heterocycles. The maximum atomic E-state index is 13.4. The Balaban J connectivity index is 1.45. The van der Waals surface area contributed by atoms with Crippen LogP contribution in [0.5, 0.6) is 0 Å². The number of likely N-dealkylation sites (N-methyl/N-ethyl adjacent to an activating group) is 1. The number of carbonyl (C=O) groups is 1. The molecule has 1 aliphatic heterocycles. The van der Waals surface area contributed by atoms with Crippen LogP contribution in [0, 0.1) is 5.92 Å². The van der Waals surface area contributed by atoms with Gasteiger partial charge in [0.2, 0.25) is 11.8 Å². The Labute approximate surface area is 202 Å². The van der Waals surface area contributed by atoms with Gasteiger partial charge in [-0.2, -0.15) is 18.2 Å². The summed E-state index contributed by atoms with van der Waals surface area (Å²) in [5.74, 6) is 0.163. The van der Waals surface area contributed by atoms with Gasteiger partial charge in [-0.25, -0.2) is 0 Å². The van der Waals surface area contributed by atoms with Gasteiger partial charge < -0.3 is 15.2 Å². The summed E-state index contributed by atoms with van der Waals surface area (Å²) < 4.78 is 40.1. The number of carbonyl (C=O) groups excluding carboxylic acids is 1. The van der Waals surface area contributed by atoms with Crippen molar-refractivity contribution in [2.75, 3.05) is 31.6 Å². The fourth-order valence-electron chi connectivity index (χ4n) is 4.48. The first-order valence-electron chi connectivity index (χ1n) is 11.9. The molecule has 8 nitrogen and oxygen atoms in total. The third kappa shape index (κ3) is 5.95. The third-order valence-corrected chi connectivity index (χ3v) is 6.57. The Morgan fingerprint density at radius 1 is 1.23 bits per heavy atom. The highest BCUT2D eigenvalue weighted by Crippen LogP contribution is 2.28. The van der Waals surface area contributed by atoms with Crippen LogP contribution in [0.1, 0.15) is 42.9 Å². The SMILES string of the molecule is CC(C)CCC(Cc1c[nH]c2ccccc12)NC(=O)c1nc(N2CCN(C)C(C(F)(F)F)C2)n[nH]1. The second-order valence-electron chi connectivity index (χ2n) is 9.67. The minimum atomic E-state index is -4.35. The fraction of sp³-hybridized carbons (Fsp3) is 0.542. The number of benzene rings is 1. The maximum absolute atomic E-state index is 13.4. The smallest absolute Gasteiger partial charge is 0.361 e. The van der Waals surface area contributed by atoms with Gasteiger partial charge >= 0.3 is 6.18 Å². The van der Waals surface area contributed by atoms with Gasteiger partial charge in [0.15, 0.2) is 0 Å². The van der Waals surface area contributed by atoms with E-state index in [4.69, 9.17) is 0 Å². The number of nitrogens with one attached hydrogen (secondary N) is 3. The summed E-state index contributed by atoms with van der Waals surface area (Å²) in [4.78, 5) is 23.2. The average Bonchev–Trinajstić information content (AvgIpc) is 3.45. The molecule has 35 heavy (non-hydrogen) atoms. The normalized spacial score (nSPS) is 18.4. The van der Waals surface area contributed by atoms with E-state index in [-0.39, 0.29) is 30.9 Å². The Kier molecular flexibility index (Phi) is 7.34. The third-order valence-electron chi connectivity index (χ3n) is 6.57. The predicted molar refractivity (Wildman–Crippen MR) is 128 cm³/mol. The number of alkyl halides is 3. The summed E-state index contributed by atoms with van der Waals surface area (Å²) in [6, 6.07) is 6.28. The minimum absolute atomic E-state index is 0.00374. The van der Waals surface area contributed by atoms with Crippen molar-refractivity contribution in [3.05, 3.63) is 41.9 Å². The first-order chi connectivity index (χ1) is 16.6. The Morgan fingerprint density at radius 2 is 2.00 bits per heavy atom. The number of nitrogens with zero attached hydrogens (tertiary/aromatic N) is 4. The lowest BCUT2D eigenvalue weighted by molar-refractivity contribution is -0.180. The van der Waals surface area contributed by atoms with E-state index in [1.54, 1.807) is 0 Å². The van der Waals surface area contributed by atoms with Gasteiger partial charge in [0.25, 0.3) is 5.91 Å². The van der Waals surface area contributed by atoms with Gasteiger partial charge in [-0.05, 0) is 43.9 Å². The van der Waals surface area contributed by atoms with Crippen molar-refractivity contribution in [1.29, 1.82) is 0 Å². The number of halogens is 3. The fourth-order valence-corrected chi connectivity index (χ4v) is 4.48. The number of aromatic nitrogens is 4. The first kappa shape index (κ1) is 25.0. The summed E-state index contributed by atoms with van der Waals surface area (Å²) in [5.41, 5.74) is 2.16. The Hall–Kier alpha value is -3.08. The van der Waals surface area contributed by atoms with E-state index in [0.29, 0.717) is 18.9 Å². The van der Waals surface area contributed by atoms with Crippen molar-refractivity contribution in [3.8, 4) is 0 Å². The van der Waals surface area contributed by atoms with Crippen molar-refractivity contribution in [3.63, 3.8) is 0 Å². The van der Waals surface area contributed by atoms with Gasteiger partial charge in [0, 0.05) is 42.8 Å². The predicted octanol–water partition coefficient (Wildman–Crippen LogP) is 3.75. The summed E-state index contributed by atoms with van der Waals surface area (Å²) >= 11 is 0. The van der Waals surface area contributed by atoms with Gasteiger partial charge in [-0.15, -0.1) is 5.10 Å². The molecule has 1 aromatic carbocycles. The van der Waals surface area contributed by atoms with Crippen LogP contribution < -0.4 is 10.2 Å². The number of amides is 1. The molecule has 1 aliphatic rings. The van der Waals surface area contributed by atoms with Crippen molar-refractivity contribution >= 4 is 22.8 Å². The molecule has 2 atom stereocenters. The van der Waals surface area contributed by atoms with E-state index < -0.39 is 18.1 Å². The molecule has 1 fully saturated rings. The molecular formula is C24H32F3N7O. The molecule has 0 aliphatic carbocycles. The average molecular weight is 492 g/mol. The lowest BCUT2D eigenvalue weighted by atomic mass is 9.97. The Morgan fingerprint density at radius 3 is 2.74 bits per heavy atom. The van der Waals surface area contributed by atoms with Crippen molar-refractivity contribution in [2.45, 2.75) is 51.4 Å². The van der Waals surface area contributed by atoms with E-state index in [0.717, 1.165) is 29.3 Å². The van der Waals surface area contributed by atoms with Crippen LogP contribution >= 0.6 is 0 Å². The van der Waals surface area contributed by atoms with E-state index >= 15 is 0 Å². The molecule has 4 rings (SSSR count). The van der Waals surface area contributed by atoms with Gasteiger partial charge in [0.1, 0.15) is 6.04 Å². The van der Waals surface area contributed by atoms with Crippen LogP contribution in [0.3, 0.4) is 0 Å². The van der Waals surface area contributed by atoms with Crippen molar-refractivity contribution in [1.82, 2.24) is 30.4 Å². The molecule has 11 heteroatoms. The Bertz CT molecular complexity index is 1140. The molecular weight excluding hydrogens is 459 g/mol. The zero-order valence-electron chi connectivity index (χ0n) is 20.2. The summed E-state index contributed by atoms with van der Waals surface area (Å²) in [6.07, 6.45) is -0.00787. The number of rotatable bonds is 8. The number of piperazine rings is 1. The molecule has 3 N–H and O–H groups in total. The van der Waals surface area contributed by atoms with Crippen LogP contribution in [0.15, 0.2) is 30.5 Å². The number of H-pyrrole nitrogens is 2. The van der Waals surface area contributed by atoms with Crippen molar-refractivity contribution in [2.24, 2.45) is 5.92 Å².